The van der Waals surface area contributed by atoms with Gasteiger partial charge in [0, 0.05) is 12.7 Å². The van der Waals surface area contributed by atoms with Crippen LogP contribution in [-0.2, 0) is 13.0 Å². The fraction of sp³-hybridized carbons (Fsp3) is 0.167. The molecule has 0 bridgehead atoms. The number of hydrogen-bond acceptors (Lipinski definition) is 1. The normalized spacial score (nSPS) is 10.9. The highest BCUT2D eigenvalue weighted by molar-refractivity contribution is 5.87. The topological polar surface area (TPSA) is 42.2 Å². The van der Waals surface area contributed by atoms with Gasteiger partial charge >= 0.3 is 5.97 Å². The Morgan fingerprint density at radius 3 is 2.52 bits per heavy atom. The predicted octanol–water partition coefficient (Wildman–Crippen LogP) is 3.95. The minimum atomic E-state index is -0.888. The van der Waals surface area contributed by atoms with Crippen LogP contribution in [0, 0.1) is 0 Å². The lowest BCUT2D eigenvalue weighted by Gasteiger charge is -2.09. The lowest BCUT2D eigenvalue weighted by molar-refractivity contribution is 0.0697. The Bertz CT molecular complexity index is 785. The van der Waals surface area contributed by atoms with E-state index in [1.165, 1.54) is 16.5 Å². The summed E-state index contributed by atoms with van der Waals surface area (Å²) in [6.07, 6.45) is 3.09. The van der Waals surface area contributed by atoms with Crippen molar-refractivity contribution in [2.24, 2.45) is 0 Å². The summed E-state index contributed by atoms with van der Waals surface area (Å²) in [6.45, 7) is 2.91. The SMILES string of the molecule is CCc1cccc2ccn(Cc3ccc(C(=O)O)cc3)c12. The highest BCUT2D eigenvalue weighted by Gasteiger charge is 2.07. The van der Waals surface area contributed by atoms with E-state index < -0.39 is 5.97 Å². The summed E-state index contributed by atoms with van der Waals surface area (Å²) >= 11 is 0. The molecule has 3 nitrogen and oxygen atoms in total. The molecule has 106 valence electrons. The van der Waals surface area contributed by atoms with Gasteiger partial charge in [0.2, 0.25) is 0 Å². The number of aryl methyl sites for hydroxylation is 1. The van der Waals surface area contributed by atoms with Gasteiger partial charge in [-0.15, -0.1) is 0 Å². The van der Waals surface area contributed by atoms with Gasteiger partial charge in [0.25, 0.3) is 0 Å². The second-order valence-electron chi connectivity index (χ2n) is 5.15. The van der Waals surface area contributed by atoms with Crippen molar-refractivity contribution >= 4 is 16.9 Å². The van der Waals surface area contributed by atoms with E-state index in [-0.39, 0.29) is 0 Å². The van der Waals surface area contributed by atoms with Crippen LogP contribution in [0.4, 0.5) is 0 Å². The van der Waals surface area contributed by atoms with E-state index in [0.29, 0.717) is 5.56 Å². The first-order valence-corrected chi connectivity index (χ1v) is 7.08. The van der Waals surface area contributed by atoms with Gasteiger partial charge in [-0.3, -0.25) is 0 Å². The van der Waals surface area contributed by atoms with Crippen LogP contribution in [0.1, 0.15) is 28.4 Å². The maximum absolute atomic E-state index is 10.9. The number of rotatable bonds is 4. The first-order valence-electron chi connectivity index (χ1n) is 7.08. The third-order valence-electron chi connectivity index (χ3n) is 3.81. The molecule has 0 atom stereocenters. The molecule has 1 heterocycles. The predicted molar refractivity (Wildman–Crippen MR) is 83.8 cm³/mol. The molecule has 3 heteroatoms. The van der Waals surface area contributed by atoms with Gasteiger partial charge < -0.3 is 9.67 Å². The van der Waals surface area contributed by atoms with Gasteiger partial charge in [-0.05, 0) is 41.1 Å². The highest BCUT2D eigenvalue weighted by atomic mass is 16.4. The standard InChI is InChI=1S/C18H17NO2/c1-2-14-4-3-5-15-10-11-19(17(14)15)12-13-6-8-16(9-7-13)18(20)21/h3-11H,2,12H2,1H3,(H,20,21). The molecular weight excluding hydrogens is 262 g/mol. The fourth-order valence-corrected chi connectivity index (χ4v) is 2.71. The molecule has 0 aliphatic rings. The van der Waals surface area contributed by atoms with Gasteiger partial charge in [0.15, 0.2) is 0 Å². The van der Waals surface area contributed by atoms with Crippen LogP contribution in [0.15, 0.2) is 54.7 Å². The van der Waals surface area contributed by atoms with Crippen LogP contribution in [0.5, 0.6) is 0 Å². The Morgan fingerprint density at radius 1 is 1.10 bits per heavy atom. The molecule has 3 rings (SSSR count). The van der Waals surface area contributed by atoms with Gasteiger partial charge in [0.05, 0.1) is 11.1 Å². The number of nitrogens with zero attached hydrogens (tertiary/aromatic N) is 1. The van der Waals surface area contributed by atoms with E-state index in [0.717, 1.165) is 18.5 Å². The number of carbonyl (C=O) groups is 1. The Labute approximate surface area is 123 Å². The Balaban J connectivity index is 1.96. The summed E-state index contributed by atoms with van der Waals surface area (Å²) in [5, 5.41) is 10.2. The van der Waals surface area contributed by atoms with Crippen molar-refractivity contribution in [2.75, 3.05) is 0 Å². The van der Waals surface area contributed by atoms with Crippen LogP contribution in [0.25, 0.3) is 10.9 Å². The van der Waals surface area contributed by atoms with Crippen LogP contribution in [-0.4, -0.2) is 15.6 Å². The second kappa shape index (κ2) is 5.44. The Morgan fingerprint density at radius 2 is 1.86 bits per heavy atom. The summed E-state index contributed by atoms with van der Waals surface area (Å²) in [4.78, 5) is 10.9. The summed E-state index contributed by atoms with van der Waals surface area (Å²) in [5.74, 6) is -0.888. The smallest absolute Gasteiger partial charge is 0.335 e. The first kappa shape index (κ1) is 13.4. The third-order valence-corrected chi connectivity index (χ3v) is 3.81. The van der Waals surface area contributed by atoms with Crippen molar-refractivity contribution in [1.29, 1.82) is 0 Å². The van der Waals surface area contributed by atoms with Gasteiger partial charge in [0.1, 0.15) is 0 Å². The number of para-hydroxylation sites is 1. The molecular formula is C18H17NO2. The zero-order chi connectivity index (χ0) is 14.8. The Kier molecular flexibility index (Phi) is 3.48. The lowest BCUT2D eigenvalue weighted by atomic mass is 10.1. The van der Waals surface area contributed by atoms with Crippen molar-refractivity contribution in [3.05, 3.63) is 71.4 Å². The number of carboxylic acid groups (broad SMARTS) is 1. The number of benzene rings is 2. The van der Waals surface area contributed by atoms with E-state index >= 15 is 0 Å². The molecule has 21 heavy (non-hydrogen) atoms. The average Bonchev–Trinajstić information content (AvgIpc) is 2.91. The van der Waals surface area contributed by atoms with Crippen molar-refractivity contribution < 1.29 is 9.90 Å². The minimum Gasteiger partial charge on any atom is -0.478 e. The maximum Gasteiger partial charge on any atom is 0.335 e. The van der Waals surface area contributed by atoms with Crippen LogP contribution >= 0.6 is 0 Å². The third kappa shape index (κ3) is 2.55. The molecule has 0 radical (unpaired) electrons. The molecule has 1 N–H and O–H groups in total. The molecule has 0 saturated heterocycles. The van der Waals surface area contributed by atoms with Crippen LogP contribution < -0.4 is 0 Å². The van der Waals surface area contributed by atoms with Crippen LogP contribution in [0.2, 0.25) is 0 Å². The molecule has 0 saturated carbocycles. The van der Waals surface area contributed by atoms with Gasteiger partial charge in [-0.1, -0.05) is 37.3 Å². The van der Waals surface area contributed by atoms with E-state index in [1.807, 2.05) is 12.1 Å². The quantitative estimate of drug-likeness (QED) is 0.785. The van der Waals surface area contributed by atoms with E-state index in [2.05, 4.69) is 42.0 Å². The lowest BCUT2D eigenvalue weighted by Crippen LogP contribution is -2.01. The monoisotopic (exact) mass is 279 g/mol. The van der Waals surface area contributed by atoms with Crippen molar-refractivity contribution in [3.63, 3.8) is 0 Å². The summed E-state index contributed by atoms with van der Waals surface area (Å²) in [7, 11) is 0. The minimum absolute atomic E-state index is 0.324. The zero-order valence-corrected chi connectivity index (χ0v) is 11.9. The largest absolute Gasteiger partial charge is 0.478 e. The molecule has 3 aromatic rings. The number of fused-ring (bicyclic) bond motifs is 1. The number of aromatic carboxylic acids is 1. The van der Waals surface area contributed by atoms with Crippen molar-refractivity contribution in [1.82, 2.24) is 4.57 Å². The molecule has 0 spiro atoms. The number of hydrogen-bond donors (Lipinski definition) is 1. The Hall–Kier alpha value is -2.55. The summed E-state index contributed by atoms with van der Waals surface area (Å²) < 4.78 is 2.23. The molecule has 0 aliphatic carbocycles. The van der Waals surface area contributed by atoms with E-state index in [9.17, 15) is 4.79 Å². The molecule has 1 aromatic heterocycles. The molecule has 2 aromatic carbocycles. The van der Waals surface area contributed by atoms with E-state index in [4.69, 9.17) is 5.11 Å². The summed E-state index contributed by atoms with van der Waals surface area (Å²) in [5.41, 5.74) is 4.02. The highest BCUT2D eigenvalue weighted by Crippen LogP contribution is 2.22. The number of aromatic nitrogens is 1. The maximum atomic E-state index is 10.9. The average molecular weight is 279 g/mol. The summed E-state index contributed by atoms with van der Waals surface area (Å²) in [6, 6.07) is 15.6. The fourth-order valence-electron chi connectivity index (χ4n) is 2.71. The van der Waals surface area contributed by atoms with Gasteiger partial charge in [-0.2, -0.15) is 0 Å². The first-order chi connectivity index (χ1) is 10.2. The molecule has 0 aliphatic heterocycles. The number of carboxylic acids is 1. The molecule has 0 fully saturated rings. The van der Waals surface area contributed by atoms with Crippen molar-refractivity contribution in [3.8, 4) is 0 Å². The van der Waals surface area contributed by atoms with Crippen molar-refractivity contribution in [2.45, 2.75) is 19.9 Å². The van der Waals surface area contributed by atoms with Crippen LogP contribution in [0.3, 0.4) is 0 Å². The molecule has 0 amide bonds. The molecule has 0 unspecified atom stereocenters. The zero-order valence-electron chi connectivity index (χ0n) is 11.9. The second-order valence-corrected chi connectivity index (χ2v) is 5.15. The van der Waals surface area contributed by atoms with Gasteiger partial charge in [-0.25, -0.2) is 4.79 Å². The van der Waals surface area contributed by atoms with E-state index in [1.54, 1.807) is 12.1 Å².